The summed E-state index contributed by atoms with van der Waals surface area (Å²) in [7, 11) is 0. The zero-order chi connectivity index (χ0) is 31.0. The molecular weight excluding hydrogens is 565 g/mol. The number of rotatable bonds is 0. The molecule has 1 aliphatic carbocycles. The Bertz CT molecular complexity index is 1200. The van der Waals surface area contributed by atoms with Gasteiger partial charge in [0.2, 0.25) is 0 Å². The number of fused-ring (bicyclic) bond motifs is 2. The quantitative estimate of drug-likeness (QED) is 0.281. The molecule has 3 fully saturated rings. The van der Waals surface area contributed by atoms with Gasteiger partial charge < -0.3 is 28.4 Å². The number of benzene rings is 2. The van der Waals surface area contributed by atoms with Crippen LogP contribution in [-0.4, -0.2) is 49.5 Å². The molecule has 1 spiro atoms. The number of esters is 1. The number of carbonyl (C=O) groups is 1. The predicted octanol–water partition coefficient (Wildman–Crippen LogP) is 7.96. The first-order valence-electron chi connectivity index (χ1n) is 15.2. The number of para-hydroxylation sites is 2. The molecule has 2 aromatic carbocycles. The second kappa shape index (κ2) is 14.6. The molecule has 1 saturated carbocycles. The van der Waals surface area contributed by atoms with E-state index >= 15 is 0 Å². The smallest absolute Gasteiger partial charge is 0.468 e. The van der Waals surface area contributed by atoms with Gasteiger partial charge in [-0.25, -0.2) is 0 Å². The number of aryl methyl sites for hydroxylation is 1. The van der Waals surface area contributed by atoms with Gasteiger partial charge in [-0.1, -0.05) is 44.4 Å². The fourth-order valence-electron chi connectivity index (χ4n) is 5.46. The van der Waals surface area contributed by atoms with Crippen LogP contribution >= 0.6 is 0 Å². The molecule has 0 aromatic heterocycles. The first-order valence-corrected chi connectivity index (χ1v) is 15.2. The molecule has 5 aliphatic rings. The predicted molar refractivity (Wildman–Crippen MR) is 155 cm³/mol. The largest absolute Gasteiger partial charge is 0.486 e. The molecule has 43 heavy (non-hydrogen) atoms. The summed E-state index contributed by atoms with van der Waals surface area (Å²) in [5.74, 6) is 1.68. The molecule has 4 atom stereocenters. The highest BCUT2D eigenvalue weighted by atomic mass is 19.3. The number of ether oxygens (including phenoxy) is 6. The molecule has 7 rings (SSSR count). The van der Waals surface area contributed by atoms with Crippen LogP contribution in [0.4, 0.5) is 13.2 Å². The van der Waals surface area contributed by atoms with Crippen LogP contribution < -0.4 is 18.9 Å². The number of carbonyl (C=O) groups excluding carboxylic acids is 1. The van der Waals surface area contributed by atoms with Crippen LogP contribution in [0.3, 0.4) is 0 Å². The summed E-state index contributed by atoms with van der Waals surface area (Å²) < 4.78 is 68.1. The van der Waals surface area contributed by atoms with E-state index in [1.807, 2.05) is 38.1 Å². The third kappa shape index (κ3) is 9.17. The molecule has 7 nitrogen and oxygen atoms in total. The van der Waals surface area contributed by atoms with E-state index in [2.05, 4.69) is 21.1 Å². The van der Waals surface area contributed by atoms with Gasteiger partial charge in [0.1, 0.15) is 12.7 Å². The Balaban J connectivity index is 0.000000134. The van der Waals surface area contributed by atoms with E-state index in [4.69, 9.17) is 14.2 Å². The Morgan fingerprint density at radius 2 is 1.51 bits per heavy atom. The fraction of sp³-hybridized carbons (Fsp3) is 0.606. The van der Waals surface area contributed by atoms with Gasteiger partial charge in [0.15, 0.2) is 23.0 Å². The van der Waals surface area contributed by atoms with Gasteiger partial charge in [0, 0.05) is 0 Å². The zero-order valence-corrected chi connectivity index (χ0v) is 25.4. The van der Waals surface area contributed by atoms with Crippen molar-refractivity contribution in [2.24, 2.45) is 5.92 Å². The average Bonchev–Trinajstić information content (AvgIpc) is 3.53. The monoisotopic (exact) mass is 608 g/mol. The minimum atomic E-state index is -3.91. The minimum Gasteiger partial charge on any atom is -0.486 e. The molecule has 4 heterocycles. The number of alkyl halides is 3. The van der Waals surface area contributed by atoms with Gasteiger partial charge in [-0.3, -0.25) is 4.79 Å². The van der Waals surface area contributed by atoms with Crippen molar-refractivity contribution >= 4 is 5.97 Å². The fourth-order valence-corrected chi connectivity index (χ4v) is 5.46. The zero-order valence-electron chi connectivity index (χ0n) is 25.4. The summed E-state index contributed by atoms with van der Waals surface area (Å²) in [6, 6.07) is 12.1. The molecular formula is C33H43F3O7. The van der Waals surface area contributed by atoms with Crippen LogP contribution in [0, 0.1) is 12.8 Å². The van der Waals surface area contributed by atoms with Gasteiger partial charge >= 0.3 is 18.4 Å². The van der Waals surface area contributed by atoms with Crippen LogP contribution in [0.25, 0.3) is 0 Å². The van der Waals surface area contributed by atoms with Crippen molar-refractivity contribution in [3.63, 3.8) is 0 Å². The third-order valence-corrected chi connectivity index (χ3v) is 7.91. The number of halogens is 3. The van der Waals surface area contributed by atoms with Crippen LogP contribution in [-0.2, 0) is 14.3 Å². The highest BCUT2D eigenvalue weighted by molar-refractivity contribution is 5.73. The number of cyclic esters (lactones) is 1. The molecule has 2 saturated heterocycles. The van der Waals surface area contributed by atoms with Crippen molar-refractivity contribution in [3.8, 4) is 23.0 Å². The minimum absolute atomic E-state index is 0.00317. The van der Waals surface area contributed by atoms with Gasteiger partial charge in [0.25, 0.3) is 0 Å². The van der Waals surface area contributed by atoms with Crippen molar-refractivity contribution in [2.45, 2.75) is 109 Å². The van der Waals surface area contributed by atoms with Gasteiger partial charge in [-0.05, 0) is 82.7 Å². The standard InChI is InChI=1S/C10H18O.C9H7F3O2.C9H10O2.C5H8O2/c1-9-5-8-10(11-9)6-3-2-4-7-10;1-5-2-3-6-7(4-5)13-8(10)9(11,12)14-6;1-7-6-10-8-4-2-3-5-9(8)11-7;1-4-2-3-7-5(4)6/h9H,2-8H2,1H3;2-4,8H,1H3;2-5,7H,6H2,1H3;4H,2-3H2,1H3. The maximum atomic E-state index is 12.7. The van der Waals surface area contributed by atoms with E-state index < -0.39 is 12.5 Å². The van der Waals surface area contributed by atoms with E-state index in [9.17, 15) is 18.0 Å². The molecule has 2 aromatic rings. The topological polar surface area (TPSA) is 72.5 Å². The third-order valence-electron chi connectivity index (χ3n) is 7.91. The van der Waals surface area contributed by atoms with Crippen molar-refractivity contribution in [2.75, 3.05) is 13.2 Å². The lowest BCUT2D eigenvalue weighted by atomic mass is 9.83. The van der Waals surface area contributed by atoms with Gasteiger partial charge in [0.05, 0.1) is 24.2 Å². The first-order chi connectivity index (χ1) is 20.5. The van der Waals surface area contributed by atoms with Crippen molar-refractivity contribution in [1.29, 1.82) is 0 Å². The van der Waals surface area contributed by atoms with Crippen LogP contribution in [0.15, 0.2) is 42.5 Å². The highest BCUT2D eigenvalue weighted by Crippen LogP contribution is 2.42. The molecule has 4 aliphatic heterocycles. The Kier molecular flexibility index (Phi) is 11.1. The lowest BCUT2D eigenvalue weighted by molar-refractivity contribution is -0.281. The van der Waals surface area contributed by atoms with Crippen molar-refractivity contribution in [1.82, 2.24) is 0 Å². The maximum absolute atomic E-state index is 12.7. The molecule has 0 amide bonds. The summed E-state index contributed by atoms with van der Waals surface area (Å²) in [4.78, 5) is 10.4. The van der Waals surface area contributed by atoms with Crippen LogP contribution in [0.1, 0.15) is 77.7 Å². The Labute approximate surface area is 251 Å². The molecule has 0 N–H and O–H groups in total. The molecule has 4 unspecified atom stereocenters. The summed E-state index contributed by atoms with van der Waals surface area (Å²) in [5, 5.41) is 0. The second-order valence-corrected chi connectivity index (χ2v) is 11.8. The summed E-state index contributed by atoms with van der Waals surface area (Å²) >= 11 is 0. The summed E-state index contributed by atoms with van der Waals surface area (Å²) in [5.41, 5.74) is 1.13. The van der Waals surface area contributed by atoms with E-state index in [1.165, 1.54) is 57.1 Å². The van der Waals surface area contributed by atoms with E-state index in [0.29, 0.717) is 24.9 Å². The molecule has 0 radical (unpaired) electrons. The van der Waals surface area contributed by atoms with Gasteiger partial charge in [-0.15, -0.1) is 0 Å². The van der Waals surface area contributed by atoms with E-state index in [-0.39, 0.29) is 29.5 Å². The van der Waals surface area contributed by atoms with Crippen molar-refractivity contribution in [3.05, 3.63) is 48.0 Å². The van der Waals surface area contributed by atoms with Gasteiger partial charge in [-0.2, -0.15) is 13.2 Å². The van der Waals surface area contributed by atoms with E-state index in [0.717, 1.165) is 23.5 Å². The van der Waals surface area contributed by atoms with Crippen LogP contribution in [0.2, 0.25) is 0 Å². The van der Waals surface area contributed by atoms with Crippen molar-refractivity contribution < 1.29 is 46.4 Å². The second-order valence-electron chi connectivity index (χ2n) is 11.8. The number of hydrogen-bond donors (Lipinski definition) is 0. The summed E-state index contributed by atoms with van der Waals surface area (Å²) in [6.07, 6.45) is 4.44. The lowest BCUT2D eigenvalue weighted by Gasteiger charge is -2.32. The molecule has 238 valence electrons. The highest BCUT2D eigenvalue weighted by Gasteiger charge is 2.49. The first kappa shape index (κ1) is 32.8. The molecule has 10 heteroatoms. The normalized spacial score (nSPS) is 27.3. The SMILES string of the molecule is CC1CCC2(CCCCC2)O1.CC1CCOC1=O.CC1COc2ccccc2O1.Cc1ccc2c(c1)OC(F)C(F)(F)O2. The Morgan fingerprint density at radius 1 is 0.791 bits per heavy atom. The van der Waals surface area contributed by atoms with Crippen LogP contribution in [0.5, 0.6) is 23.0 Å². The Hall–Kier alpha value is -3.14. The Morgan fingerprint density at radius 3 is 2.12 bits per heavy atom. The lowest BCUT2D eigenvalue weighted by Crippen LogP contribution is -2.43. The molecule has 0 bridgehead atoms. The number of hydrogen-bond acceptors (Lipinski definition) is 7. The average molecular weight is 609 g/mol. The van der Waals surface area contributed by atoms with E-state index in [1.54, 1.807) is 13.0 Å². The summed E-state index contributed by atoms with van der Waals surface area (Å²) in [6.45, 7) is 9.11. The maximum Gasteiger partial charge on any atom is 0.468 e.